The molecule has 1 amide bonds. The van der Waals surface area contributed by atoms with Gasteiger partial charge in [0.15, 0.2) is 0 Å². The minimum atomic E-state index is -0.475. The molecule has 2 N–H and O–H groups in total. The van der Waals surface area contributed by atoms with Crippen LogP contribution in [0.15, 0.2) is 48.5 Å². The normalized spacial score (nSPS) is 11.5. The predicted octanol–water partition coefficient (Wildman–Crippen LogP) is 4.71. The Labute approximate surface area is 153 Å². The van der Waals surface area contributed by atoms with Crippen LogP contribution in [-0.4, -0.2) is 29.8 Å². The number of nitrogens with one attached hydrogen (secondary N) is 2. The second-order valence-electron chi connectivity index (χ2n) is 7.23. The Kier molecular flexibility index (Phi) is 5.26. The highest BCUT2D eigenvalue weighted by Gasteiger charge is 2.15. The summed E-state index contributed by atoms with van der Waals surface area (Å²) >= 11 is 0. The third kappa shape index (κ3) is 4.42. The van der Waals surface area contributed by atoms with Gasteiger partial charge in [-0.1, -0.05) is 36.4 Å². The van der Waals surface area contributed by atoms with Gasteiger partial charge < -0.3 is 15.4 Å². The molecule has 2 aromatic carbocycles. The maximum atomic E-state index is 11.7. The van der Waals surface area contributed by atoms with Gasteiger partial charge in [-0.05, 0) is 39.3 Å². The highest BCUT2D eigenvalue weighted by Crippen LogP contribution is 2.30. The van der Waals surface area contributed by atoms with Crippen molar-refractivity contribution in [3.05, 3.63) is 48.5 Å². The van der Waals surface area contributed by atoms with Gasteiger partial charge in [0.1, 0.15) is 5.60 Å². The first-order valence-electron chi connectivity index (χ1n) is 8.92. The summed E-state index contributed by atoms with van der Waals surface area (Å²) in [5.41, 5.74) is 2.56. The van der Waals surface area contributed by atoms with E-state index in [-0.39, 0.29) is 6.09 Å². The van der Waals surface area contributed by atoms with E-state index >= 15 is 0 Å². The van der Waals surface area contributed by atoms with E-state index in [0.717, 1.165) is 40.5 Å². The Morgan fingerprint density at radius 2 is 1.54 bits per heavy atom. The molecule has 0 saturated carbocycles. The molecule has 1 aromatic heterocycles. The molecule has 5 heteroatoms. The molecule has 3 rings (SSSR count). The van der Waals surface area contributed by atoms with Crippen LogP contribution < -0.4 is 10.6 Å². The first-order valence-corrected chi connectivity index (χ1v) is 8.92. The van der Waals surface area contributed by atoms with Crippen LogP contribution in [0.25, 0.3) is 21.8 Å². The standard InChI is InChI=1S/C21H25N3O2/c1-21(2,3)26-20(25)23-14-8-13-22-19-15-9-4-6-11-17(15)24-18-12-7-5-10-16(18)19/h4-7,9-12H,8,13-14H2,1-3H3,(H,22,24)(H,23,25). The van der Waals surface area contributed by atoms with Crippen molar-refractivity contribution in [3.8, 4) is 0 Å². The van der Waals surface area contributed by atoms with Crippen molar-refractivity contribution < 1.29 is 9.53 Å². The largest absolute Gasteiger partial charge is 0.444 e. The van der Waals surface area contributed by atoms with E-state index in [1.165, 1.54) is 0 Å². The monoisotopic (exact) mass is 351 g/mol. The zero-order valence-corrected chi connectivity index (χ0v) is 15.5. The average Bonchev–Trinajstić information content (AvgIpc) is 2.59. The molecular weight excluding hydrogens is 326 g/mol. The number of rotatable bonds is 5. The number of hydrogen-bond donors (Lipinski definition) is 2. The molecule has 1 heterocycles. The number of hydrogen-bond acceptors (Lipinski definition) is 4. The number of pyridine rings is 1. The Balaban J connectivity index is 1.66. The van der Waals surface area contributed by atoms with Gasteiger partial charge in [-0.15, -0.1) is 0 Å². The van der Waals surface area contributed by atoms with Gasteiger partial charge in [-0.25, -0.2) is 9.78 Å². The highest BCUT2D eigenvalue weighted by atomic mass is 16.6. The van der Waals surface area contributed by atoms with Crippen molar-refractivity contribution in [2.24, 2.45) is 0 Å². The number of nitrogens with zero attached hydrogens (tertiary/aromatic N) is 1. The van der Waals surface area contributed by atoms with Crippen molar-refractivity contribution in [1.82, 2.24) is 10.3 Å². The number of aromatic nitrogens is 1. The Hall–Kier alpha value is -2.82. The molecule has 0 atom stereocenters. The van der Waals surface area contributed by atoms with Crippen molar-refractivity contribution in [1.29, 1.82) is 0 Å². The topological polar surface area (TPSA) is 63.2 Å². The predicted molar refractivity (Wildman–Crippen MR) is 107 cm³/mol. The lowest BCUT2D eigenvalue weighted by atomic mass is 10.1. The first kappa shape index (κ1) is 18.0. The number of benzene rings is 2. The summed E-state index contributed by atoms with van der Waals surface area (Å²) in [6, 6.07) is 16.2. The summed E-state index contributed by atoms with van der Waals surface area (Å²) in [6.07, 6.45) is 0.418. The molecule has 26 heavy (non-hydrogen) atoms. The van der Waals surface area contributed by atoms with Crippen molar-refractivity contribution >= 4 is 33.6 Å². The molecule has 0 saturated heterocycles. The summed E-state index contributed by atoms with van der Waals surface area (Å²) in [5, 5.41) is 8.51. The van der Waals surface area contributed by atoms with Crippen LogP contribution >= 0.6 is 0 Å². The van der Waals surface area contributed by atoms with Crippen molar-refractivity contribution in [2.45, 2.75) is 32.8 Å². The number of fused-ring (bicyclic) bond motifs is 2. The Morgan fingerprint density at radius 1 is 0.962 bits per heavy atom. The summed E-state index contributed by atoms with van der Waals surface area (Å²) in [5.74, 6) is 0. The van der Waals surface area contributed by atoms with Gasteiger partial charge in [0.2, 0.25) is 0 Å². The van der Waals surface area contributed by atoms with Crippen LogP contribution in [0.1, 0.15) is 27.2 Å². The Bertz CT molecular complexity index is 862. The van der Waals surface area contributed by atoms with E-state index in [2.05, 4.69) is 22.8 Å². The minimum Gasteiger partial charge on any atom is -0.444 e. The maximum Gasteiger partial charge on any atom is 0.407 e. The fourth-order valence-corrected chi connectivity index (χ4v) is 2.84. The van der Waals surface area contributed by atoms with E-state index in [9.17, 15) is 4.79 Å². The average molecular weight is 351 g/mol. The molecule has 0 fully saturated rings. The zero-order valence-electron chi connectivity index (χ0n) is 15.5. The van der Waals surface area contributed by atoms with Gasteiger partial charge in [0, 0.05) is 23.9 Å². The molecule has 0 spiro atoms. The van der Waals surface area contributed by atoms with Gasteiger partial charge in [-0.3, -0.25) is 0 Å². The first-order chi connectivity index (χ1) is 12.4. The second kappa shape index (κ2) is 7.60. The molecular formula is C21H25N3O2. The summed E-state index contributed by atoms with van der Waals surface area (Å²) < 4.78 is 5.24. The van der Waals surface area contributed by atoms with E-state index in [0.29, 0.717) is 6.54 Å². The lowest BCUT2D eigenvalue weighted by Crippen LogP contribution is -2.33. The fourth-order valence-electron chi connectivity index (χ4n) is 2.84. The number of alkyl carbamates (subject to hydrolysis) is 1. The van der Waals surface area contributed by atoms with E-state index in [1.54, 1.807) is 0 Å². The molecule has 5 nitrogen and oxygen atoms in total. The van der Waals surface area contributed by atoms with Crippen LogP contribution in [0.2, 0.25) is 0 Å². The fraction of sp³-hybridized carbons (Fsp3) is 0.333. The van der Waals surface area contributed by atoms with Gasteiger partial charge in [-0.2, -0.15) is 0 Å². The van der Waals surface area contributed by atoms with Crippen LogP contribution in [-0.2, 0) is 4.74 Å². The molecule has 0 bridgehead atoms. The van der Waals surface area contributed by atoms with Crippen LogP contribution in [0, 0.1) is 0 Å². The second-order valence-corrected chi connectivity index (χ2v) is 7.23. The van der Waals surface area contributed by atoms with Crippen molar-refractivity contribution in [3.63, 3.8) is 0 Å². The van der Waals surface area contributed by atoms with Gasteiger partial charge in [0.25, 0.3) is 0 Å². The number of carbonyl (C=O) groups excluding carboxylic acids is 1. The molecule has 0 radical (unpaired) electrons. The molecule has 0 aliphatic heterocycles. The SMILES string of the molecule is CC(C)(C)OC(=O)NCCCNc1c2ccccc2nc2ccccc12. The van der Waals surface area contributed by atoms with E-state index in [1.807, 2.05) is 57.2 Å². The van der Waals surface area contributed by atoms with Gasteiger partial charge >= 0.3 is 6.09 Å². The quantitative estimate of drug-likeness (QED) is 0.516. The van der Waals surface area contributed by atoms with Gasteiger partial charge in [0.05, 0.1) is 16.7 Å². The smallest absolute Gasteiger partial charge is 0.407 e. The van der Waals surface area contributed by atoms with E-state index in [4.69, 9.17) is 9.72 Å². The maximum absolute atomic E-state index is 11.7. The third-order valence-electron chi connectivity index (χ3n) is 3.91. The zero-order chi connectivity index (χ0) is 18.6. The van der Waals surface area contributed by atoms with Crippen LogP contribution in [0.4, 0.5) is 10.5 Å². The van der Waals surface area contributed by atoms with E-state index < -0.39 is 5.60 Å². The number of ether oxygens (including phenoxy) is 1. The number of carbonyl (C=O) groups is 1. The summed E-state index contributed by atoms with van der Waals surface area (Å²) in [7, 11) is 0. The Morgan fingerprint density at radius 3 is 2.12 bits per heavy atom. The molecule has 0 aliphatic rings. The highest BCUT2D eigenvalue weighted by molar-refractivity contribution is 6.07. The number of para-hydroxylation sites is 2. The molecule has 136 valence electrons. The van der Waals surface area contributed by atoms with Crippen LogP contribution in [0.3, 0.4) is 0 Å². The number of amides is 1. The number of anilines is 1. The minimum absolute atomic E-state index is 0.377. The lowest BCUT2D eigenvalue weighted by molar-refractivity contribution is 0.0528. The van der Waals surface area contributed by atoms with Crippen molar-refractivity contribution in [2.75, 3.05) is 18.4 Å². The summed E-state index contributed by atoms with van der Waals surface area (Å²) in [4.78, 5) is 16.4. The van der Waals surface area contributed by atoms with Crippen LogP contribution in [0.5, 0.6) is 0 Å². The molecule has 0 unspecified atom stereocenters. The lowest BCUT2D eigenvalue weighted by Gasteiger charge is -2.19. The molecule has 0 aliphatic carbocycles. The molecule has 3 aromatic rings. The third-order valence-corrected chi connectivity index (χ3v) is 3.91. The summed E-state index contributed by atoms with van der Waals surface area (Å²) in [6.45, 7) is 6.87.